The molecule has 2 aliphatic rings. The van der Waals surface area contributed by atoms with Crippen molar-refractivity contribution in [3.05, 3.63) is 123 Å². The van der Waals surface area contributed by atoms with Gasteiger partial charge in [-0.25, -0.2) is 4.79 Å². The van der Waals surface area contributed by atoms with Gasteiger partial charge in [-0.05, 0) is 60.2 Å². The number of nitrogens with zero attached hydrogens (tertiary/aromatic N) is 1. The number of rotatable bonds is 7. The van der Waals surface area contributed by atoms with Gasteiger partial charge in [0.25, 0.3) is 0 Å². The third kappa shape index (κ3) is 5.79. The van der Waals surface area contributed by atoms with E-state index in [1.54, 1.807) is 0 Å². The lowest BCUT2D eigenvalue weighted by Crippen LogP contribution is -2.36. The second kappa shape index (κ2) is 11.5. The Morgan fingerprint density at radius 1 is 0.949 bits per heavy atom. The second-order valence-corrected chi connectivity index (χ2v) is 10.9. The van der Waals surface area contributed by atoms with Crippen molar-refractivity contribution in [2.45, 2.75) is 38.0 Å². The molecule has 6 heteroatoms. The van der Waals surface area contributed by atoms with Gasteiger partial charge in [-0.3, -0.25) is 4.79 Å². The van der Waals surface area contributed by atoms with Crippen LogP contribution in [0.5, 0.6) is 0 Å². The van der Waals surface area contributed by atoms with Crippen molar-refractivity contribution in [3.63, 3.8) is 0 Å². The molecule has 39 heavy (non-hydrogen) atoms. The van der Waals surface area contributed by atoms with Gasteiger partial charge in [-0.15, -0.1) is 0 Å². The number of allylic oxidation sites excluding steroid dienone is 3. The van der Waals surface area contributed by atoms with E-state index in [0.29, 0.717) is 35.4 Å². The van der Waals surface area contributed by atoms with Crippen LogP contribution in [-0.4, -0.2) is 32.5 Å². The summed E-state index contributed by atoms with van der Waals surface area (Å²) in [4.78, 5) is 29.4. The van der Waals surface area contributed by atoms with E-state index < -0.39 is 11.9 Å². The lowest BCUT2D eigenvalue weighted by molar-refractivity contribution is -0.139. The zero-order valence-electron chi connectivity index (χ0n) is 22.5. The molecule has 1 aliphatic heterocycles. The van der Waals surface area contributed by atoms with Crippen molar-refractivity contribution >= 4 is 29.0 Å². The van der Waals surface area contributed by atoms with E-state index in [9.17, 15) is 9.59 Å². The minimum Gasteiger partial charge on any atom is -0.462 e. The number of esters is 1. The average Bonchev–Trinajstić information content (AvgIpc) is 2.93. The van der Waals surface area contributed by atoms with Crippen LogP contribution in [0.4, 0.5) is 5.69 Å². The molecule has 0 aromatic heterocycles. The highest BCUT2D eigenvalue weighted by molar-refractivity contribution is 6.30. The molecule has 0 amide bonds. The maximum atomic E-state index is 13.8. The van der Waals surface area contributed by atoms with Crippen molar-refractivity contribution in [2.75, 3.05) is 25.6 Å². The number of Topliss-reactive ketones (excluding diaryl/α,β-unsaturated/α-hetero) is 1. The molecule has 1 aliphatic carbocycles. The third-order valence-corrected chi connectivity index (χ3v) is 7.85. The van der Waals surface area contributed by atoms with E-state index in [1.165, 1.54) is 0 Å². The number of ether oxygens (including phenoxy) is 1. The number of hydrogen-bond donors (Lipinski definition) is 1. The molecule has 0 saturated carbocycles. The Bertz CT molecular complexity index is 1420. The maximum absolute atomic E-state index is 13.8. The Kier molecular flexibility index (Phi) is 7.89. The second-order valence-electron chi connectivity index (χ2n) is 10.4. The smallest absolute Gasteiger partial charge is 0.336 e. The quantitative estimate of drug-likeness (QED) is 0.344. The van der Waals surface area contributed by atoms with Crippen LogP contribution in [0.25, 0.3) is 0 Å². The van der Waals surface area contributed by atoms with Gasteiger partial charge in [0.2, 0.25) is 0 Å². The van der Waals surface area contributed by atoms with Crippen LogP contribution < -0.4 is 10.2 Å². The lowest BCUT2D eigenvalue weighted by atomic mass is 9.71. The summed E-state index contributed by atoms with van der Waals surface area (Å²) in [6.45, 7) is 2.17. The van der Waals surface area contributed by atoms with Crippen molar-refractivity contribution in [1.82, 2.24) is 5.32 Å². The van der Waals surface area contributed by atoms with Gasteiger partial charge < -0.3 is 15.0 Å². The number of anilines is 1. The van der Waals surface area contributed by atoms with Crippen LogP contribution in [0, 0.1) is 0 Å². The third-order valence-electron chi connectivity index (χ3n) is 7.60. The van der Waals surface area contributed by atoms with Crippen LogP contribution in [0.2, 0.25) is 5.02 Å². The Morgan fingerprint density at radius 2 is 1.62 bits per heavy atom. The minimum atomic E-state index is -0.486. The van der Waals surface area contributed by atoms with Crippen LogP contribution in [0.15, 0.2) is 101 Å². The first-order valence-electron chi connectivity index (χ1n) is 13.3. The molecule has 0 saturated heterocycles. The van der Waals surface area contributed by atoms with E-state index in [-0.39, 0.29) is 18.3 Å². The summed E-state index contributed by atoms with van der Waals surface area (Å²) in [5, 5.41) is 4.10. The fourth-order valence-electron chi connectivity index (χ4n) is 5.56. The molecule has 0 unspecified atom stereocenters. The molecule has 200 valence electrons. The van der Waals surface area contributed by atoms with E-state index in [4.69, 9.17) is 16.3 Å². The average molecular weight is 541 g/mol. The molecule has 5 nitrogen and oxygen atoms in total. The zero-order chi connectivity index (χ0) is 27.5. The van der Waals surface area contributed by atoms with Crippen molar-refractivity contribution in [2.24, 2.45) is 0 Å². The van der Waals surface area contributed by atoms with E-state index >= 15 is 0 Å². The van der Waals surface area contributed by atoms with E-state index in [2.05, 4.69) is 5.32 Å². The monoisotopic (exact) mass is 540 g/mol. The molecular weight excluding hydrogens is 508 g/mol. The van der Waals surface area contributed by atoms with Gasteiger partial charge in [0.05, 0.1) is 12.2 Å². The summed E-state index contributed by atoms with van der Waals surface area (Å²) in [6, 6.07) is 25.7. The number of carbonyl (C=O) groups excluding carboxylic acids is 2. The predicted molar refractivity (Wildman–Crippen MR) is 156 cm³/mol. The molecule has 0 bridgehead atoms. The zero-order valence-corrected chi connectivity index (χ0v) is 23.3. The molecular formula is C33H33ClN2O3. The first-order chi connectivity index (χ1) is 18.8. The minimum absolute atomic E-state index is 0.0463. The summed E-state index contributed by atoms with van der Waals surface area (Å²) in [6.07, 6.45) is 1.69. The van der Waals surface area contributed by atoms with Gasteiger partial charge in [-0.1, -0.05) is 66.2 Å². The lowest BCUT2D eigenvalue weighted by Gasteiger charge is -2.36. The molecule has 0 radical (unpaired) electrons. The summed E-state index contributed by atoms with van der Waals surface area (Å²) in [5.41, 5.74) is 6.91. The standard InChI is InChI=1S/C33H33ClN2O3/c1-21-30(33(38)39-18-17-22-7-5-4-6-8-22)31(24-11-15-27(16-12-24)36(2)3)32-28(35-21)19-25(20-29(32)37)23-9-13-26(34)14-10-23/h4-16,25,31,35H,17-20H2,1-3H3/t25-,31+/m1/s1. The maximum Gasteiger partial charge on any atom is 0.336 e. The molecule has 0 fully saturated rings. The number of benzene rings is 3. The number of ketones is 1. The predicted octanol–water partition coefficient (Wildman–Crippen LogP) is 6.55. The largest absolute Gasteiger partial charge is 0.462 e. The SMILES string of the molecule is CC1=C(C(=O)OCCc2ccccc2)[C@H](c2ccc(N(C)C)cc2)C2=C(C[C@@H](c3ccc(Cl)cc3)CC2=O)N1. The van der Waals surface area contributed by atoms with Crippen molar-refractivity contribution in [1.29, 1.82) is 0 Å². The van der Waals surface area contributed by atoms with Crippen LogP contribution >= 0.6 is 11.6 Å². The molecule has 1 N–H and O–H groups in total. The fraction of sp³-hybridized carbons (Fsp3) is 0.273. The summed E-state index contributed by atoms with van der Waals surface area (Å²) in [7, 11) is 3.97. The van der Waals surface area contributed by atoms with Gasteiger partial charge in [0, 0.05) is 60.5 Å². The summed E-state index contributed by atoms with van der Waals surface area (Å²) in [5.74, 6) is -0.783. The highest BCUT2D eigenvalue weighted by atomic mass is 35.5. The molecule has 0 spiro atoms. The number of hydrogen-bond acceptors (Lipinski definition) is 5. The molecule has 3 aromatic rings. The normalized spacial score (nSPS) is 18.9. The van der Waals surface area contributed by atoms with Gasteiger partial charge in [0.1, 0.15) is 0 Å². The molecule has 3 aromatic carbocycles. The van der Waals surface area contributed by atoms with Gasteiger partial charge >= 0.3 is 5.97 Å². The van der Waals surface area contributed by atoms with Crippen LogP contribution in [0.3, 0.4) is 0 Å². The van der Waals surface area contributed by atoms with E-state index in [0.717, 1.165) is 33.8 Å². The highest BCUT2D eigenvalue weighted by Gasteiger charge is 2.41. The van der Waals surface area contributed by atoms with Gasteiger partial charge in [0.15, 0.2) is 5.78 Å². The highest BCUT2D eigenvalue weighted by Crippen LogP contribution is 2.46. The first kappa shape index (κ1) is 26.8. The van der Waals surface area contributed by atoms with E-state index in [1.807, 2.05) is 105 Å². The number of carbonyl (C=O) groups is 2. The number of dihydropyridines is 1. The molecule has 1 heterocycles. The van der Waals surface area contributed by atoms with Crippen LogP contribution in [-0.2, 0) is 20.7 Å². The Morgan fingerprint density at radius 3 is 2.28 bits per heavy atom. The summed E-state index contributed by atoms with van der Waals surface area (Å²) >= 11 is 6.10. The Balaban J connectivity index is 1.47. The Labute approximate surface area is 235 Å². The number of halogens is 1. The first-order valence-corrected chi connectivity index (χ1v) is 13.7. The molecule has 5 rings (SSSR count). The van der Waals surface area contributed by atoms with Crippen molar-refractivity contribution < 1.29 is 14.3 Å². The molecule has 2 atom stereocenters. The number of nitrogens with one attached hydrogen (secondary N) is 1. The van der Waals surface area contributed by atoms with Gasteiger partial charge in [-0.2, -0.15) is 0 Å². The topological polar surface area (TPSA) is 58.6 Å². The van der Waals surface area contributed by atoms with Crippen molar-refractivity contribution in [3.8, 4) is 0 Å². The Hall–Kier alpha value is -3.83. The summed E-state index contributed by atoms with van der Waals surface area (Å²) < 4.78 is 5.79. The van der Waals surface area contributed by atoms with Crippen LogP contribution in [0.1, 0.15) is 48.3 Å². The fourth-order valence-corrected chi connectivity index (χ4v) is 5.69.